The molecule has 6 heteroatoms. The van der Waals surface area contributed by atoms with E-state index in [1.807, 2.05) is 0 Å². The van der Waals surface area contributed by atoms with Gasteiger partial charge in [0.15, 0.2) is 0 Å². The predicted molar refractivity (Wildman–Crippen MR) is 35.3 cm³/mol. The molecule has 0 saturated heterocycles. The largest absolute Gasteiger partial charge is 0.408 e. The quantitative estimate of drug-likeness (QED) is 0.389. The van der Waals surface area contributed by atoms with Gasteiger partial charge in [-0.2, -0.15) is 0 Å². The number of hydrogen-bond donors (Lipinski definition) is 2. The molecule has 0 aromatic carbocycles. The van der Waals surface area contributed by atoms with Gasteiger partial charge in [0.25, 0.3) is 0 Å². The van der Waals surface area contributed by atoms with Crippen LogP contribution in [-0.4, -0.2) is 30.2 Å². The van der Waals surface area contributed by atoms with Gasteiger partial charge in [0.1, 0.15) is 0 Å². The summed E-state index contributed by atoms with van der Waals surface area (Å²) in [5.74, 6) is -1.40. The second-order valence-electron chi connectivity index (χ2n) is 1.90. The second-order valence-corrected chi connectivity index (χ2v) is 1.90. The normalized spacial score (nSPS) is 18.4. The zero-order valence-corrected chi connectivity index (χ0v) is 6.02. The molecule has 6 nitrogen and oxygen atoms in total. The summed E-state index contributed by atoms with van der Waals surface area (Å²) in [6.07, 6.45) is 0.674. The van der Waals surface area contributed by atoms with Crippen molar-refractivity contribution in [3.8, 4) is 0 Å². The number of rotatable bonds is 2. The fourth-order valence-corrected chi connectivity index (χ4v) is 0.608. The Balaban J connectivity index is 2.57. The first-order chi connectivity index (χ1) is 5.72. The molecule has 1 aliphatic heterocycles. The van der Waals surface area contributed by atoms with Crippen molar-refractivity contribution >= 4 is 11.9 Å². The number of cyclic esters (lactones) is 2. The van der Waals surface area contributed by atoms with Crippen molar-refractivity contribution < 1.29 is 24.2 Å². The average Bonchev–Trinajstić information content (AvgIpc) is 2.14. The van der Waals surface area contributed by atoms with Gasteiger partial charge < -0.3 is 14.6 Å². The standard InChI is InChI=1S/C6H7NO5/c8-3-7-6-11-4(9)1-2-5(10)12-6/h1-2,6-8H,3H2. The topological polar surface area (TPSA) is 84.9 Å². The van der Waals surface area contributed by atoms with E-state index in [4.69, 9.17) is 5.11 Å². The highest BCUT2D eigenvalue weighted by Crippen LogP contribution is 1.99. The van der Waals surface area contributed by atoms with E-state index in [0.717, 1.165) is 12.2 Å². The zero-order valence-electron chi connectivity index (χ0n) is 6.02. The molecule has 0 atom stereocenters. The minimum Gasteiger partial charge on any atom is -0.408 e. The molecule has 0 unspecified atom stereocenters. The van der Waals surface area contributed by atoms with E-state index >= 15 is 0 Å². The lowest BCUT2D eigenvalue weighted by molar-refractivity contribution is -0.186. The Bertz CT molecular complexity index is 204. The lowest BCUT2D eigenvalue weighted by Crippen LogP contribution is -2.36. The molecule has 0 aromatic rings. The van der Waals surface area contributed by atoms with Crippen molar-refractivity contribution in [1.29, 1.82) is 0 Å². The Morgan fingerprint density at radius 1 is 1.33 bits per heavy atom. The molecule has 0 saturated carbocycles. The highest BCUT2D eigenvalue weighted by atomic mass is 16.7. The molecule has 0 fully saturated rings. The number of esters is 2. The summed E-state index contributed by atoms with van der Waals surface area (Å²) in [7, 11) is 0. The van der Waals surface area contributed by atoms with Gasteiger partial charge in [-0.3, -0.25) is 0 Å². The molecule has 0 radical (unpaired) electrons. The molecule has 1 heterocycles. The van der Waals surface area contributed by atoms with Gasteiger partial charge in [-0.25, -0.2) is 14.9 Å². The summed E-state index contributed by atoms with van der Waals surface area (Å²) in [5, 5.41) is 10.6. The van der Waals surface area contributed by atoms with Crippen LogP contribution in [0.2, 0.25) is 0 Å². The second kappa shape index (κ2) is 3.84. The average molecular weight is 173 g/mol. The number of carbonyl (C=O) groups is 2. The van der Waals surface area contributed by atoms with Crippen LogP contribution in [0.25, 0.3) is 0 Å². The fraction of sp³-hybridized carbons (Fsp3) is 0.333. The molecule has 1 aliphatic rings. The van der Waals surface area contributed by atoms with Gasteiger partial charge in [-0.05, 0) is 0 Å². The molecular formula is C6H7NO5. The Kier molecular flexibility index (Phi) is 2.78. The van der Waals surface area contributed by atoms with Crippen molar-refractivity contribution in [2.75, 3.05) is 6.73 Å². The van der Waals surface area contributed by atoms with Crippen LogP contribution in [0.5, 0.6) is 0 Å². The first-order valence-corrected chi connectivity index (χ1v) is 3.16. The lowest BCUT2D eigenvalue weighted by atomic mass is 10.5. The summed E-state index contributed by atoms with van der Waals surface area (Å²) in [5.41, 5.74) is 0. The predicted octanol–water partition coefficient (Wildman–Crippen LogP) is -1.53. The first kappa shape index (κ1) is 8.69. The first-order valence-electron chi connectivity index (χ1n) is 3.16. The minimum absolute atomic E-state index is 0.453. The van der Waals surface area contributed by atoms with Crippen LogP contribution in [0.1, 0.15) is 0 Å². The van der Waals surface area contributed by atoms with Crippen molar-refractivity contribution in [1.82, 2.24) is 5.32 Å². The summed E-state index contributed by atoms with van der Waals surface area (Å²) >= 11 is 0. The van der Waals surface area contributed by atoms with Crippen molar-refractivity contribution in [3.05, 3.63) is 12.2 Å². The molecule has 12 heavy (non-hydrogen) atoms. The number of aliphatic hydroxyl groups is 1. The molecule has 1 rings (SSSR count). The maximum absolute atomic E-state index is 10.7. The number of ether oxygens (including phenoxy) is 2. The van der Waals surface area contributed by atoms with E-state index in [1.54, 1.807) is 0 Å². The SMILES string of the molecule is O=C1C=CC(=O)OC(NCO)O1. The van der Waals surface area contributed by atoms with Gasteiger partial charge in [-0.15, -0.1) is 0 Å². The molecule has 0 aromatic heterocycles. The third kappa shape index (κ3) is 2.33. The maximum Gasteiger partial charge on any atom is 0.335 e. The minimum atomic E-state index is -1.22. The molecule has 0 bridgehead atoms. The van der Waals surface area contributed by atoms with Gasteiger partial charge in [-0.1, -0.05) is 0 Å². The molecule has 0 aliphatic carbocycles. The van der Waals surface area contributed by atoms with Crippen LogP contribution in [0.15, 0.2) is 12.2 Å². The van der Waals surface area contributed by atoms with Crippen molar-refractivity contribution in [2.24, 2.45) is 0 Å². The molecule has 66 valence electrons. The van der Waals surface area contributed by atoms with Gasteiger partial charge in [0, 0.05) is 12.2 Å². The fourth-order valence-electron chi connectivity index (χ4n) is 0.608. The van der Waals surface area contributed by atoms with E-state index in [-0.39, 0.29) is 0 Å². The molecular weight excluding hydrogens is 166 g/mol. The van der Waals surface area contributed by atoms with Crippen LogP contribution in [0.4, 0.5) is 0 Å². The Morgan fingerprint density at radius 3 is 2.25 bits per heavy atom. The van der Waals surface area contributed by atoms with Crippen LogP contribution >= 0.6 is 0 Å². The monoisotopic (exact) mass is 173 g/mol. The van der Waals surface area contributed by atoms with Crippen LogP contribution < -0.4 is 5.32 Å². The van der Waals surface area contributed by atoms with Gasteiger partial charge in [0.05, 0.1) is 6.73 Å². The number of aliphatic hydroxyl groups excluding tert-OH is 1. The van der Waals surface area contributed by atoms with Crippen molar-refractivity contribution in [3.63, 3.8) is 0 Å². The van der Waals surface area contributed by atoms with Crippen LogP contribution in [-0.2, 0) is 19.1 Å². The highest BCUT2D eigenvalue weighted by molar-refractivity contribution is 5.92. The summed E-state index contributed by atoms with van der Waals surface area (Å²) in [4.78, 5) is 21.3. The molecule has 0 spiro atoms. The van der Waals surface area contributed by atoms with Crippen molar-refractivity contribution in [2.45, 2.75) is 6.41 Å². The van der Waals surface area contributed by atoms with Crippen LogP contribution in [0, 0.1) is 0 Å². The Hall–Kier alpha value is -1.40. The third-order valence-electron chi connectivity index (χ3n) is 1.06. The van der Waals surface area contributed by atoms with E-state index in [9.17, 15) is 9.59 Å². The lowest BCUT2D eigenvalue weighted by Gasteiger charge is -2.13. The van der Waals surface area contributed by atoms with E-state index < -0.39 is 25.1 Å². The summed E-state index contributed by atoms with van der Waals surface area (Å²) in [6, 6.07) is 0. The smallest absolute Gasteiger partial charge is 0.335 e. The highest BCUT2D eigenvalue weighted by Gasteiger charge is 2.18. The zero-order chi connectivity index (χ0) is 8.97. The number of nitrogens with one attached hydrogen (secondary N) is 1. The van der Waals surface area contributed by atoms with E-state index in [1.165, 1.54) is 0 Å². The van der Waals surface area contributed by atoms with Gasteiger partial charge >= 0.3 is 18.4 Å². The molecule has 2 N–H and O–H groups in total. The van der Waals surface area contributed by atoms with Gasteiger partial charge in [0.2, 0.25) is 0 Å². The Labute approximate surface area is 67.8 Å². The van der Waals surface area contributed by atoms with Crippen LogP contribution in [0.3, 0.4) is 0 Å². The number of carbonyl (C=O) groups excluding carboxylic acids is 2. The Morgan fingerprint density at radius 2 is 1.83 bits per heavy atom. The molecule has 0 amide bonds. The maximum atomic E-state index is 10.7. The summed E-state index contributed by atoms with van der Waals surface area (Å²) < 4.78 is 8.96. The van der Waals surface area contributed by atoms with E-state index in [2.05, 4.69) is 14.8 Å². The van der Waals surface area contributed by atoms with E-state index in [0.29, 0.717) is 0 Å². The summed E-state index contributed by atoms with van der Waals surface area (Å²) in [6.45, 7) is -0.453. The number of hydrogen-bond acceptors (Lipinski definition) is 6. The third-order valence-corrected chi connectivity index (χ3v) is 1.06.